The first kappa shape index (κ1) is 41.5. The first-order valence-corrected chi connectivity index (χ1v) is 21.6. The summed E-state index contributed by atoms with van der Waals surface area (Å²) in [5, 5.41) is 110. The van der Waals surface area contributed by atoms with Gasteiger partial charge in [-0.2, -0.15) is 0 Å². The molecule has 0 spiro atoms. The molecule has 0 saturated carbocycles. The van der Waals surface area contributed by atoms with Gasteiger partial charge in [-0.3, -0.25) is 0 Å². The van der Waals surface area contributed by atoms with Gasteiger partial charge in [0.05, 0.1) is 5.92 Å². The molecule has 68 heavy (non-hydrogen) atoms. The van der Waals surface area contributed by atoms with E-state index in [0.29, 0.717) is 83.7 Å². The highest BCUT2D eigenvalue weighted by Crippen LogP contribution is 2.63. The Morgan fingerprint density at radius 1 is 0.397 bits per heavy atom. The number of hydrogen-bond acceptors (Lipinski definition) is 12. The molecule has 8 aromatic carbocycles. The van der Waals surface area contributed by atoms with Crippen LogP contribution in [0.15, 0.2) is 150 Å². The van der Waals surface area contributed by atoms with Crippen LogP contribution in [0.4, 0.5) is 0 Å². The molecule has 4 atom stereocenters. The van der Waals surface area contributed by atoms with E-state index >= 15 is 0 Å². The van der Waals surface area contributed by atoms with E-state index in [1.165, 1.54) is 72.8 Å². The lowest BCUT2D eigenvalue weighted by Gasteiger charge is -2.31. The van der Waals surface area contributed by atoms with Crippen molar-refractivity contribution in [1.29, 1.82) is 0 Å². The molecule has 0 radical (unpaired) electrons. The molecule has 4 unspecified atom stereocenters. The van der Waals surface area contributed by atoms with Crippen LogP contribution in [0.25, 0.3) is 45.6 Å². The van der Waals surface area contributed by atoms with E-state index in [1.54, 1.807) is 84.9 Å². The predicted molar refractivity (Wildman–Crippen MR) is 254 cm³/mol. The second kappa shape index (κ2) is 15.8. The summed E-state index contributed by atoms with van der Waals surface area (Å²) in [7, 11) is 0. The van der Waals surface area contributed by atoms with Gasteiger partial charge in [-0.25, -0.2) is 0 Å². The Labute approximate surface area is 387 Å². The summed E-state index contributed by atoms with van der Waals surface area (Å²) in [5.74, 6) is -2.75. The summed E-state index contributed by atoms with van der Waals surface area (Å²) in [6.07, 6.45) is 2.79. The molecule has 0 fully saturated rings. The summed E-state index contributed by atoms with van der Waals surface area (Å²) in [6, 6.07) is 37.5. The molecule has 0 saturated heterocycles. The van der Waals surface area contributed by atoms with Gasteiger partial charge in [-0.1, -0.05) is 42.5 Å². The maximum absolute atomic E-state index is 12.1. The Balaban J connectivity index is 1.13. The van der Waals surface area contributed by atoms with Crippen LogP contribution in [0, 0.1) is 0 Å². The van der Waals surface area contributed by atoms with Gasteiger partial charge in [0.1, 0.15) is 80.7 Å². The van der Waals surface area contributed by atoms with Gasteiger partial charge >= 0.3 is 0 Å². The predicted octanol–water partition coefficient (Wildman–Crippen LogP) is 11.5. The number of phenols is 10. The minimum Gasteiger partial charge on any atom is -0.508 e. The first-order chi connectivity index (χ1) is 32.8. The van der Waals surface area contributed by atoms with Gasteiger partial charge in [-0.15, -0.1) is 0 Å². The fourth-order valence-electron chi connectivity index (χ4n) is 10.2. The lowest BCUT2D eigenvalue weighted by atomic mass is 9.73. The van der Waals surface area contributed by atoms with Crippen molar-refractivity contribution in [2.45, 2.75) is 23.9 Å². The van der Waals surface area contributed by atoms with Crippen molar-refractivity contribution < 1.29 is 60.2 Å². The molecule has 0 amide bonds. The van der Waals surface area contributed by atoms with Crippen LogP contribution in [0.1, 0.15) is 73.9 Å². The molecule has 2 heterocycles. The van der Waals surface area contributed by atoms with Crippen LogP contribution in [0.3, 0.4) is 0 Å². The number of aromatic hydroxyl groups is 10. The first-order valence-electron chi connectivity index (χ1n) is 21.6. The number of rotatable bonds is 7. The Morgan fingerprint density at radius 2 is 0.985 bits per heavy atom. The Morgan fingerprint density at radius 3 is 1.66 bits per heavy atom. The quantitative estimate of drug-likeness (QED) is 0.0675. The summed E-state index contributed by atoms with van der Waals surface area (Å²) in [6.45, 7) is 0. The number of ether oxygens (including phenoxy) is 1. The minimum absolute atomic E-state index is 0.00191. The fraction of sp³-hybridized carbons (Fsp3) is 0.0714. The molecule has 9 aromatic rings. The lowest BCUT2D eigenvalue weighted by Crippen LogP contribution is -2.16. The molecule has 0 bridgehead atoms. The van der Waals surface area contributed by atoms with Crippen LogP contribution in [-0.2, 0) is 0 Å². The molecule has 2 aliphatic rings. The van der Waals surface area contributed by atoms with Crippen LogP contribution in [-0.4, -0.2) is 51.1 Å². The maximum atomic E-state index is 12.1. The molecular formula is C56H40O12. The van der Waals surface area contributed by atoms with E-state index in [0.717, 1.165) is 0 Å². The molecule has 10 N–H and O–H groups in total. The van der Waals surface area contributed by atoms with Crippen molar-refractivity contribution in [2.24, 2.45) is 0 Å². The molecular weight excluding hydrogens is 865 g/mol. The highest BCUT2D eigenvalue weighted by Gasteiger charge is 2.48. The van der Waals surface area contributed by atoms with Gasteiger partial charge in [0.15, 0.2) is 0 Å². The van der Waals surface area contributed by atoms with Gasteiger partial charge in [0, 0.05) is 69.3 Å². The molecule has 1 aliphatic heterocycles. The number of benzene rings is 8. The van der Waals surface area contributed by atoms with Crippen molar-refractivity contribution in [1.82, 2.24) is 0 Å². The van der Waals surface area contributed by atoms with E-state index in [-0.39, 0.29) is 63.1 Å². The van der Waals surface area contributed by atoms with Gasteiger partial charge in [-0.05, 0) is 130 Å². The van der Waals surface area contributed by atoms with E-state index < -0.39 is 23.9 Å². The van der Waals surface area contributed by atoms with Gasteiger partial charge < -0.3 is 60.2 Å². The van der Waals surface area contributed by atoms with E-state index in [9.17, 15) is 51.1 Å². The molecule has 1 aliphatic carbocycles. The average molecular weight is 905 g/mol. The van der Waals surface area contributed by atoms with Crippen molar-refractivity contribution in [3.8, 4) is 85.7 Å². The maximum Gasteiger partial charge on any atom is 0.143 e. The van der Waals surface area contributed by atoms with E-state index in [2.05, 4.69) is 0 Å². The van der Waals surface area contributed by atoms with Crippen molar-refractivity contribution in [3.63, 3.8) is 0 Å². The third kappa shape index (κ3) is 7.02. The second-order valence-corrected chi connectivity index (χ2v) is 17.2. The average Bonchev–Trinajstić information content (AvgIpc) is 3.84. The Bertz CT molecular complexity index is 3480. The fourth-order valence-corrected chi connectivity index (χ4v) is 10.2. The highest BCUT2D eigenvalue weighted by atomic mass is 16.5. The van der Waals surface area contributed by atoms with Crippen molar-refractivity contribution in [3.05, 3.63) is 196 Å². The largest absolute Gasteiger partial charge is 0.508 e. The van der Waals surface area contributed by atoms with Crippen molar-refractivity contribution in [2.75, 3.05) is 0 Å². The number of furan rings is 1. The summed E-state index contributed by atoms with van der Waals surface area (Å²) >= 11 is 0. The van der Waals surface area contributed by atoms with Gasteiger partial charge in [0.25, 0.3) is 0 Å². The topological polar surface area (TPSA) is 225 Å². The summed E-state index contributed by atoms with van der Waals surface area (Å²) < 4.78 is 13.1. The van der Waals surface area contributed by atoms with E-state index in [1.807, 2.05) is 0 Å². The van der Waals surface area contributed by atoms with Gasteiger partial charge in [0.2, 0.25) is 0 Å². The SMILES string of the molecule is Oc1ccc(-c2oc3cc(O)cc(C=Cc4ccc(O)c(C5c6cc(O)cc7c6C(c6cc(O)cc(O)c6C5c5ccc(O)cc5)C(c5ccc(O)cc5)O7)c4)c3c2-c2cc(O)cc(O)c2)cc1. The van der Waals surface area contributed by atoms with Crippen LogP contribution in [0.2, 0.25) is 0 Å². The molecule has 336 valence electrons. The highest BCUT2D eigenvalue weighted by molar-refractivity contribution is 6.07. The van der Waals surface area contributed by atoms with E-state index in [4.69, 9.17) is 9.15 Å². The lowest BCUT2D eigenvalue weighted by molar-refractivity contribution is 0.221. The molecule has 11 rings (SSSR count). The second-order valence-electron chi connectivity index (χ2n) is 17.2. The number of hydrogen-bond donors (Lipinski definition) is 10. The normalized spacial score (nSPS) is 17.2. The van der Waals surface area contributed by atoms with Crippen LogP contribution in [0.5, 0.6) is 63.2 Å². The van der Waals surface area contributed by atoms with Crippen molar-refractivity contribution >= 4 is 23.1 Å². The zero-order valence-electron chi connectivity index (χ0n) is 35.6. The van der Waals surface area contributed by atoms with Crippen LogP contribution < -0.4 is 4.74 Å². The zero-order valence-corrected chi connectivity index (χ0v) is 35.6. The third-order valence-corrected chi connectivity index (χ3v) is 13.0. The minimum atomic E-state index is -0.866. The summed E-state index contributed by atoms with van der Waals surface area (Å²) in [4.78, 5) is 0. The molecule has 12 nitrogen and oxygen atoms in total. The number of phenolic OH excluding ortho intramolecular Hbond substituents is 10. The molecule has 12 heteroatoms. The Hall–Kier alpha value is -9.16. The smallest absolute Gasteiger partial charge is 0.143 e. The monoisotopic (exact) mass is 904 g/mol. The van der Waals surface area contributed by atoms with Crippen LogP contribution >= 0.6 is 0 Å². The summed E-state index contributed by atoms with van der Waals surface area (Å²) in [5.41, 5.74) is 6.68. The number of fused-ring (bicyclic) bond motifs is 3. The standard InChI is InChI=1S/C56H40O12/c57-33-10-4-28(5-11-33)49-51(42-23-40(64)26-47-53(42)54(43-22-39(63)24-45(66)52(43)49)56(68-47)30-8-14-35(59)15-9-30)41-17-27(2-16-44(41)65)1-3-31-18-38(62)25-46-48(31)50(32-19-36(60)21-37(61)20-32)55(67-46)29-6-12-34(58)13-7-29/h1-26,49,51,54,56-66H. The zero-order chi connectivity index (χ0) is 47.1. The Kier molecular flexibility index (Phi) is 9.64. The molecule has 1 aromatic heterocycles. The third-order valence-electron chi connectivity index (χ3n) is 13.0.